The first-order valence-electron chi connectivity index (χ1n) is 14.5. The van der Waals surface area contributed by atoms with Gasteiger partial charge in [0.2, 0.25) is 11.8 Å². The third-order valence-electron chi connectivity index (χ3n) is 7.88. The largest absolute Gasteiger partial charge is 0.573 e. The number of hydrogen-bond acceptors (Lipinski definition) is 9. The highest BCUT2D eigenvalue weighted by atomic mass is 19.4. The monoisotopic (exact) mass is 665 g/mol. The molecule has 0 spiro atoms. The van der Waals surface area contributed by atoms with Gasteiger partial charge in [0.05, 0.1) is 43.7 Å². The number of aromatic nitrogens is 3. The van der Waals surface area contributed by atoms with E-state index >= 15 is 0 Å². The molecule has 4 aromatic rings. The Bertz CT molecular complexity index is 1930. The molecule has 0 unspecified atom stereocenters. The Morgan fingerprint density at radius 3 is 2.52 bits per heavy atom. The summed E-state index contributed by atoms with van der Waals surface area (Å²) in [6.45, 7) is 5.73. The summed E-state index contributed by atoms with van der Waals surface area (Å²) in [5.41, 5.74) is 3.64. The molecule has 2 aromatic carbocycles. The van der Waals surface area contributed by atoms with Crippen molar-refractivity contribution in [3.05, 3.63) is 95.6 Å². The zero-order valence-corrected chi connectivity index (χ0v) is 25.5. The van der Waals surface area contributed by atoms with E-state index in [-0.39, 0.29) is 48.3 Å². The number of rotatable bonds is 9. The number of pyridine rings is 1. The fourth-order valence-corrected chi connectivity index (χ4v) is 5.51. The van der Waals surface area contributed by atoms with Crippen LogP contribution >= 0.6 is 0 Å². The van der Waals surface area contributed by atoms with Crippen molar-refractivity contribution in [1.29, 1.82) is 0 Å². The summed E-state index contributed by atoms with van der Waals surface area (Å²) >= 11 is 0. The molecule has 1 atom stereocenters. The van der Waals surface area contributed by atoms with Gasteiger partial charge in [-0.15, -0.1) is 13.2 Å². The van der Waals surface area contributed by atoms with Crippen molar-refractivity contribution in [3.63, 3.8) is 0 Å². The van der Waals surface area contributed by atoms with Crippen molar-refractivity contribution in [2.24, 2.45) is 0 Å². The van der Waals surface area contributed by atoms with Crippen molar-refractivity contribution in [1.82, 2.24) is 19.9 Å². The van der Waals surface area contributed by atoms with Gasteiger partial charge in [0.25, 0.3) is 0 Å². The van der Waals surface area contributed by atoms with Gasteiger partial charge in [-0.2, -0.15) is 0 Å². The number of benzene rings is 2. The molecular weight excluding hydrogens is 638 g/mol. The van der Waals surface area contributed by atoms with Crippen molar-refractivity contribution in [3.8, 4) is 33.9 Å². The molecule has 0 bridgehead atoms. The number of methoxy groups -OCH3 is 1. The van der Waals surface area contributed by atoms with Crippen molar-refractivity contribution < 1.29 is 46.5 Å². The normalized spacial score (nSPS) is 16.5. The fraction of sp³-hybridized carbons (Fsp3) is 0.242. The van der Waals surface area contributed by atoms with Crippen LogP contribution in [-0.4, -0.2) is 69.8 Å². The molecule has 2 aliphatic rings. The predicted octanol–water partition coefficient (Wildman–Crippen LogP) is 6.48. The molecule has 1 N–H and O–H groups in total. The number of nitrogens with zero attached hydrogens (tertiary/aromatic N) is 5. The Labute approximate surface area is 271 Å². The van der Waals surface area contributed by atoms with E-state index in [2.05, 4.69) is 26.3 Å². The summed E-state index contributed by atoms with van der Waals surface area (Å²) in [6, 6.07) is 11.5. The van der Waals surface area contributed by atoms with Gasteiger partial charge in [-0.3, -0.25) is 4.90 Å². The summed E-state index contributed by atoms with van der Waals surface area (Å²) in [6.07, 6.45) is -4.81. The molecule has 0 radical (unpaired) electrons. The highest BCUT2D eigenvalue weighted by Gasteiger charge is 2.39. The van der Waals surface area contributed by atoms with Crippen LogP contribution < -0.4 is 14.4 Å². The Morgan fingerprint density at radius 1 is 1.08 bits per heavy atom. The number of hydrogen-bond donors (Lipinski definition) is 1. The van der Waals surface area contributed by atoms with Crippen LogP contribution in [0.25, 0.3) is 22.3 Å². The second-order valence-electron chi connectivity index (χ2n) is 11.1. The Hall–Kier alpha value is -5.73. The summed E-state index contributed by atoms with van der Waals surface area (Å²) in [7, 11) is 1.43. The molecule has 2 aromatic heterocycles. The van der Waals surface area contributed by atoms with E-state index in [4.69, 9.17) is 9.47 Å². The Kier molecular flexibility index (Phi) is 8.37. The van der Waals surface area contributed by atoms with E-state index in [1.54, 1.807) is 36.2 Å². The number of halogens is 4. The van der Waals surface area contributed by atoms with Crippen LogP contribution in [0.5, 0.6) is 11.6 Å². The number of carboxylic acids is 1. The van der Waals surface area contributed by atoms with E-state index in [0.29, 0.717) is 33.5 Å². The second-order valence-corrected chi connectivity index (χ2v) is 11.1. The highest BCUT2D eigenvalue weighted by Crippen LogP contribution is 2.40. The lowest BCUT2D eigenvalue weighted by atomic mass is 9.96. The van der Waals surface area contributed by atoms with Crippen LogP contribution in [0.4, 0.5) is 28.3 Å². The molecule has 2 aliphatic heterocycles. The van der Waals surface area contributed by atoms with Gasteiger partial charge in [0.15, 0.2) is 6.10 Å². The molecule has 1 amide bonds. The number of carboxylic acid groups (broad SMARTS) is 1. The molecule has 11 nitrogen and oxygen atoms in total. The molecule has 2 fully saturated rings. The lowest BCUT2D eigenvalue weighted by molar-refractivity contribution is -0.274. The zero-order valence-electron chi connectivity index (χ0n) is 25.5. The first-order chi connectivity index (χ1) is 22.8. The lowest BCUT2D eigenvalue weighted by Gasteiger charge is -2.34. The van der Waals surface area contributed by atoms with Gasteiger partial charge in [0, 0.05) is 34.6 Å². The van der Waals surface area contributed by atoms with Crippen LogP contribution in [-0.2, 0) is 11.3 Å². The van der Waals surface area contributed by atoms with Crippen molar-refractivity contribution in [2.45, 2.75) is 32.1 Å². The maximum Gasteiger partial charge on any atom is 0.573 e. The van der Waals surface area contributed by atoms with Crippen molar-refractivity contribution in [2.75, 3.05) is 25.1 Å². The standard InChI is InChI=1S/C33H27F4N5O6/c1-17-9-20(30(43)44)7-8-24(17)21-11-25(29(46-3)38-12-21)26-13-39-31(41-14-22(34)15-41)40-27(26)16-42-18(2)28(47-32(42)45)19-5-4-6-23(10-19)48-33(35,36)37/h4-13,22,28H,2,14-16H2,1,3H3,(H,43,44)/t28-/m0/s1. The van der Waals surface area contributed by atoms with Gasteiger partial charge in [0.1, 0.15) is 11.9 Å². The minimum atomic E-state index is -4.92. The van der Waals surface area contributed by atoms with Crippen molar-refractivity contribution >= 4 is 18.0 Å². The first-order valence-corrected chi connectivity index (χ1v) is 14.5. The van der Waals surface area contributed by atoms with Crippen LogP contribution in [0.15, 0.2) is 73.2 Å². The number of anilines is 1. The number of ether oxygens (including phenoxy) is 3. The topological polar surface area (TPSA) is 127 Å². The predicted molar refractivity (Wildman–Crippen MR) is 163 cm³/mol. The summed E-state index contributed by atoms with van der Waals surface area (Å²) in [5, 5.41) is 9.39. The molecule has 4 heterocycles. The maximum absolute atomic E-state index is 13.8. The quantitative estimate of drug-likeness (QED) is 0.198. The van der Waals surface area contributed by atoms with Crippen LogP contribution in [0, 0.1) is 6.92 Å². The Morgan fingerprint density at radius 2 is 1.85 bits per heavy atom. The average molecular weight is 666 g/mol. The molecular formula is C33H27F4N5O6. The van der Waals surface area contributed by atoms with Crippen LogP contribution in [0.1, 0.15) is 33.3 Å². The molecule has 15 heteroatoms. The zero-order chi connectivity index (χ0) is 34.3. The number of aryl methyl sites for hydroxylation is 1. The lowest BCUT2D eigenvalue weighted by Crippen LogP contribution is -2.49. The molecule has 2 saturated heterocycles. The van der Waals surface area contributed by atoms with Gasteiger partial charge < -0.3 is 24.2 Å². The number of amides is 1. The number of carbonyl (C=O) groups excluding carboxylic acids is 1. The first kappa shape index (κ1) is 32.2. The van der Waals surface area contributed by atoms with E-state index in [0.717, 1.165) is 12.1 Å². The van der Waals surface area contributed by atoms with Gasteiger partial charge in [-0.25, -0.2) is 28.9 Å². The molecule has 248 valence electrons. The highest BCUT2D eigenvalue weighted by molar-refractivity contribution is 5.89. The number of aromatic carboxylic acids is 1. The van der Waals surface area contributed by atoms with Crippen LogP contribution in [0.3, 0.4) is 0 Å². The third kappa shape index (κ3) is 6.43. The average Bonchev–Trinajstić information content (AvgIpc) is 3.30. The van der Waals surface area contributed by atoms with E-state index in [1.165, 1.54) is 36.4 Å². The maximum atomic E-state index is 13.8. The molecule has 6 rings (SSSR count). The number of alkyl halides is 4. The Balaban J connectivity index is 1.38. The second kappa shape index (κ2) is 12.5. The van der Waals surface area contributed by atoms with E-state index in [1.807, 2.05) is 0 Å². The van der Waals surface area contributed by atoms with Gasteiger partial charge in [-0.05, 0) is 48.4 Å². The minimum absolute atomic E-state index is 0.0850. The molecule has 0 saturated carbocycles. The summed E-state index contributed by atoms with van der Waals surface area (Å²) < 4.78 is 67.4. The molecule has 48 heavy (non-hydrogen) atoms. The summed E-state index contributed by atoms with van der Waals surface area (Å²) in [5.74, 6) is -1.13. The fourth-order valence-electron chi connectivity index (χ4n) is 5.51. The van der Waals surface area contributed by atoms with Crippen LogP contribution in [0.2, 0.25) is 0 Å². The van der Waals surface area contributed by atoms with Gasteiger partial charge >= 0.3 is 18.4 Å². The minimum Gasteiger partial charge on any atom is -0.481 e. The number of cyclic esters (lactones) is 1. The van der Waals surface area contributed by atoms with E-state index < -0.39 is 36.5 Å². The number of carbonyl (C=O) groups is 2. The van der Waals surface area contributed by atoms with E-state index in [9.17, 15) is 32.3 Å². The van der Waals surface area contributed by atoms with Gasteiger partial charge in [-0.1, -0.05) is 24.8 Å². The summed E-state index contributed by atoms with van der Waals surface area (Å²) in [4.78, 5) is 41.1. The SMILES string of the molecule is C=C1[C@@H](c2cccc(OC(F)(F)F)c2)OC(=O)N1Cc1nc(N2CC(F)C2)ncc1-c1cc(-c2ccc(C(=O)O)cc2C)cnc1OC. The smallest absolute Gasteiger partial charge is 0.481 e. The third-order valence-corrected chi connectivity index (χ3v) is 7.88. The molecule has 0 aliphatic carbocycles.